The highest BCUT2D eigenvalue weighted by atomic mass is 19.4. The Morgan fingerprint density at radius 1 is 1.25 bits per heavy atom. The molecule has 7 heteroatoms. The van der Waals surface area contributed by atoms with Crippen LogP contribution in [0.4, 0.5) is 13.2 Å². The Morgan fingerprint density at radius 2 is 2.04 bits per heavy atom. The molecular formula is C21H23F3N2O2. The monoisotopic (exact) mass is 392 g/mol. The Kier molecular flexibility index (Phi) is 6.03. The van der Waals surface area contributed by atoms with E-state index in [-0.39, 0.29) is 17.9 Å². The fraction of sp³-hybridized carbons (Fsp3) is 0.429. The van der Waals surface area contributed by atoms with Crippen molar-refractivity contribution in [3.8, 4) is 0 Å². The maximum Gasteiger partial charge on any atom is 0.416 e. The third-order valence-electron chi connectivity index (χ3n) is 4.71. The van der Waals surface area contributed by atoms with Crippen molar-refractivity contribution in [1.82, 2.24) is 9.88 Å². The lowest BCUT2D eigenvalue weighted by atomic mass is 10.0. The van der Waals surface area contributed by atoms with Gasteiger partial charge in [-0.3, -0.25) is 9.78 Å². The van der Waals surface area contributed by atoms with E-state index in [2.05, 4.69) is 4.98 Å². The summed E-state index contributed by atoms with van der Waals surface area (Å²) in [6.07, 6.45) is -2.63. The molecule has 2 heterocycles. The Labute approximate surface area is 162 Å². The molecule has 28 heavy (non-hydrogen) atoms. The van der Waals surface area contributed by atoms with Crippen molar-refractivity contribution in [2.45, 2.75) is 32.5 Å². The lowest BCUT2D eigenvalue weighted by molar-refractivity contribution is -0.142. The molecule has 0 aliphatic carbocycles. The van der Waals surface area contributed by atoms with Gasteiger partial charge < -0.3 is 9.64 Å². The number of pyridine rings is 1. The number of ether oxygens (including phenoxy) is 1. The number of hydrogen-bond donors (Lipinski definition) is 0. The van der Waals surface area contributed by atoms with Crippen LogP contribution >= 0.6 is 0 Å². The van der Waals surface area contributed by atoms with Crippen LogP contribution in [0.3, 0.4) is 0 Å². The fourth-order valence-corrected chi connectivity index (χ4v) is 3.22. The number of morpholine rings is 1. The Balaban J connectivity index is 1.68. The molecule has 0 radical (unpaired) electrons. The van der Waals surface area contributed by atoms with Crippen molar-refractivity contribution in [2.24, 2.45) is 5.92 Å². The van der Waals surface area contributed by atoms with Gasteiger partial charge >= 0.3 is 6.18 Å². The van der Waals surface area contributed by atoms with Gasteiger partial charge in [-0.15, -0.1) is 0 Å². The topological polar surface area (TPSA) is 42.4 Å². The summed E-state index contributed by atoms with van der Waals surface area (Å²) >= 11 is 0. The van der Waals surface area contributed by atoms with Crippen LogP contribution in [0, 0.1) is 5.92 Å². The normalized spacial score (nSPS) is 17.8. The number of hydrogen-bond acceptors (Lipinski definition) is 3. The molecule has 1 aliphatic heterocycles. The second-order valence-corrected chi connectivity index (χ2v) is 7.26. The van der Waals surface area contributed by atoms with Gasteiger partial charge in [0.25, 0.3) is 0 Å². The number of aromatic nitrogens is 1. The van der Waals surface area contributed by atoms with Gasteiger partial charge in [0.05, 0.1) is 24.4 Å². The molecule has 1 aromatic heterocycles. The van der Waals surface area contributed by atoms with Crippen molar-refractivity contribution in [3.05, 3.63) is 65.0 Å². The minimum atomic E-state index is -4.35. The predicted octanol–water partition coefficient (Wildman–Crippen LogP) is 4.25. The zero-order valence-electron chi connectivity index (χ0n) is 15.9. The van der Waals surface area contributed by atoms with Gasteiger partial charge in [0.1, 0.15) is 6.10 Å². The van der Waals surface area contributed by atoms with Gasteiger partial charge in [-0.25, -0.2) is 0 Å². The molecule has 0 bridgehead atoms. The van der Waals surface area contributed by atoms with Crippen molar-refractivity contribution in [1.29, 1.82) is 0 Å². The van der Waals surface area contributed by atoms with E-state index in [4.69, 9.17) is 4.74 Å². The van der Waals surface area contributed by atoms with Crippen LogP contribution in [-0.2, 0) is 22.1 Å². The van der Waals surface area contributed by atoms with E-state index >= 15 is 0 Å². The van der Waals surface area contributed by atoms with Crippen molar-refractivity contribution in [3.63, 3.8) is 0 Å². The molecule has 1 fully saturated rings. The van der Waals surface area contributed by atoms with Gasteiger partial charge in [0.2, 0.25) is 5.91 Å². The van der Waals surface area contributed by atoms with Gasteiger partial charge in [-0.1, -0.05) is 38.1 Å². The van der Waals surface area contributed by atoms with Crippen LogP contribution in [0.2, 0.25) is 0 Å². The molecular weight excluding hydrogens is 369 g/mol. The summed E-state index contributed by atoms with van der Waals surface area (Å²) in [4.78, 5) is 18.4. The highest BCUT2D eigenvalue weighted by Crippen LogP contribution is 2.30. The SMILES string of the molecule is CC(C)C(=O)N1CCO[C@@H](c2ccc(Cc3cccc(C(F)(F)F)c3)cn2)C1. The molecule has 2 aromatic rings. The summed E-state index contributed by atoms with van der Waals surface area (Å²) in [6.45, 7) is 5.22. The summed E-state index contributed by atoms with van der Waals surface area (Å²) in [6, 6.07) is 8.97. The summed E-state index contributed by atoms with van der Waals surface area (Å²) in [5, 5.41) is 0. The highest BCUT2D eigenvalue weighted by molar-refractivity contribution is 5.78. The summed E-state index contributed by atoms with van der Waals surface area (Å²) in [7, 11) is 0. The summed E-state index contributed by atoms with van der Waals surface area (Å²) in [5.41, 5.74) is 1.45. The minimum absolute atomic E-state index is 0.0680. The third kappa shape index (κ3) is 4.90. The number of halogens is 3. The molecule has 0 saturated carbocycles. The molecule has 3 rings (SSSR count). The average Bonchev–Trinajstić information content (AvgIpc) is 2.67. The Morgan fingerprint density at radius 3 is 2.68 bits per heavy atom. The Hall–Kier alpha value is -2.41. The number of rotatable bonds is 4. The van der Waals surface area contributed by atoms with Crippen LogP contribution in [0.1, 0.15) is 42.3 Å². The quantitative estimate of drug-likeness (QED) is 0.781. The largest absolute Gasteiger partial charge is 0.416 e. The first-order valence-corrected chi connectivity index (χ1v) is 9.25. The third-order valence-corrected chi connectivity index (χ3v) is 4.71. The van der Waals surface area contributed by atoms with Gasteiger partial charge in [-0.05, 0) is 29.7 Å². The highest BCUT2D eigenvalue weighted by Gasteiger charge is 2.30. The predicted molar refractivity (Wildman–Crippen MR) is 98.6 cm³/mol. The van der Waals surface area contributed by atoms with Gasteiger partial charge in [-0.2, -0.15) is 13.2 Å². The molecule has 0 N–H and O–H groups in total. The zero-order chi connectivity index (χ0) is 20.3. The number of carbonyl (C=O) groups is 1. The summed E-state index contributed by atoms with van der Waals surface area (Å²) < 4.78 is 44.3. The maximum atomic E-state index is 12.8. The lowest BCUT2D eigenvalue weighted by Gasteiger charge is -2.33. The van der Waals surface area contributed by atoms with Gasteiger partial charge in [0, 0.05) is 18.7 Å². The first kappa shape index (κ1) is 20.3. The zero-order valence-corrected chi connectivity index (χ0v) is 15.9. The molecule has 0 unspecified atom stereocenters. The van der Waals surface area contributed by atoms with Crippen LogP contribution in [-0.4, -0.2) is 35.5 Å². The fourth-order valence-electron chi connectivity index (χ4n) is 3.22. The molecule has 1 atom stereocenters. The Bertz CT molecular complexity index is 819. The number of carbonyl (C=O) groups excluding carboxylic acids is 1. The molecule has 0 spiro atoms. The van der Waals surface area contributed by atoms with Crippen LogP contribution in [0.5, 0.6) is 0 Å². The van der Waals surface area contributed by atoms with Crippen LogP contribution < -0.4 is 0 Å². The van der Waals surface area contributed by atoms with Crippen molar-refractivity contribution >= 4 is 5.91 Å². The molecule has 1 aliphatic rings. The van der Waals surface area contributed by atoms with E-state index in [1.807, 2.05) is 26.0 Å². The average molecular weight is 392 g/mol. The molecule has 1 aromatic carbocycles. The number of alkyl halides is 3. The molecule has 4 nitrogen and oxygen atoms in total. The smallest absolute Gasteiger partial charge is 0.368 e. The van der Waals surface area contributed by atoms with E-state index < -0.39 is 11.7 Å². The number of benzene rings is 1. The van der Waals surface area contributed by atoms with Crippen molar-refractivity contribution < 1.29 is 22.7 Å². The lowest BCUT2D eigenvalue weighted by Crippen LogP contribution is -2.44. The molecule has 1 saturated heterocycles. The van der Waals surface area contributed by atoms with E-state index in [1.165, 1.54) is 6.07 Å². The van der Waals surface area contributed by atoms with E-state index in [0.717, 1.165) is 17.7 Å². The van der Waals surface area contributed by atoms with E-state index in [9.17, 15) is 18.0 Å². The molecule has 150 valence electrons. The summed E-state index contributed by atoms with van der Waals surface area (Å²) in [5.74, 6) is 0.0241. The molecule has 1 amide bonds. The second-order valence-electron chi connectivity index (χ2n) is 7.26. The van der Waals surface area contributed by atoms with E-state index in [0.29, 0.717) is 37.4 Å². The number of amides is 1. The second kappa shape index (κ2) is 8.31. The maximum absolute atomic E-state index is 12.8. The minimum Gasteiger partial charge on any atom is -0.368 e. The van der Waals surface area contributed by atoms with Crippen LogP contribution in [0.15, 0.2) is 42.6 Å². The number of nitrogens with zero attached hydrogens (tertiary/aromatic N) is 2. The van der Waals surface area contributed by atoms with E-state index in [1.54, 1.807) is 17.2 Å². The first-order chi connectivity index (χ1) is 13.2. The van der Waals surface area contributed by atoms with Crippen LogP contribution in [0.25, 0.3) is 0 Å². The standard InChI is InChI=1S/C21H23F3N2O2/c1-14(2)20(27)26-8-9-28-19(13-26)18-7-6-16(12-25-18)10-15-4-3-5-17(11-15)21(22,23)24/h3-7,11-12,14,19H,8-10,13H2,1-2H3/t19-/m1/s1. The first-order valence-electron chi connectivity index (χ1n) is 9.25. The van der Waals surface area contributed by atoms with Crippen molar-refractivity contribution in [2.75, 3.05) is 19.7 Å². The van der Waals surface area contributed by atoms with Gasteiger partial charge in [0.15, 0.2) is 0 Å².